The van der Waals surface area contributed by atoms with Gasteiger partial charge >= 0.3 is 0 Å². The molecule has 0 atom stereocenters. The zero-order valence-electron chi connectivity index (χ0n) is 10.7. The molecule has 3 heteroatoms. The van der Waals surface area contributed by atoms with Gasteiger partial charge < -0.3 is 9.84 Å². The zero-order chi connectivity index (χ0) is 13.0. The fourth-order valence-corrected chi connectivity index (χ4v) is 1.75. The van der Waals surface area contributed by atoms with Gasteiger partial charge in [-0.15, -0.1) is 0 Å². The number of rotatable bonds is 4. The molecule has 1 aromatic heterocycles. The molecule has 94 valence electrons. The van der Waals surface area contributed by atoms with Crippen LogP contribution in [0.3, 0.4) is 0 Å². The topological polar surface area (TPSA) is 42.4 Å². The Morgan fingerprint density at radius 1 is 1.22 bits per heavy atom. The highest BCUT2D eigenvalue weighted by Gasteiger charge is 2.06. The van der Waals surface area contributed by atoms with Gasteiger partial charge in [0.1, 0.15) is 11.5 Å². The van der Waals surface area contributed by atoms with Gasteiger partial charge in [0, 0.05) is 17.3 Å². The molecule has 0 unspecified atom stereocenters. The van der Waals surface area contributed by atoms with Crippen LogP contribution in [-0.4, -0.2) is 16.7 Å². The largest absolute Gasteiger partial charge is 0.507 e. The monoisotopic (exact) mass is 243 g/mol. The van der Waals surface area contributed by atoms with Gasteiger partial charge in [0.05, 0.1) is 12.8 Å². The minimum Gasteiger partial charge on any atom is -0.507 e. The van der Waals surface area contributed by atoms with Gasteiger partial charge in [0.25, 0.3) is 0 Å². The minimum absolute atomic E-state index is 0.259. The molecule has 0 amide bonds. The van der Waals surface area contributed by atoms with Crippen LogP contribution >= 0.6 is 0 Å². The first kappa shape index (κ1) is 12.4. The molecule has 0 aliphatic carbocycles. The molecule has 3 nitrogen and oxygen atoms in total. The van der Waals surface area contributed by atoms with Crippen LogP contribution in [0.1, 0.15) is 18.9 Å². The molecule has 0 spiro atoms. The van der Waals surface area contributed by atoms with Crippen LogP contribution in [0.4, 0.5) is 0 Å². The van der Waals surface area contributed by atoms with Gasteiger partial charge in [-0.3, -0.25) is 4.98 Å². The van der Waals surface area contributed by atoms with Crippen molar-refractivity contribution in [3.63, 3.8) is 0 Å². The molecule has 1 aromatic carbocycles. The number of aromatic nitrogens is 1. The maximum Gasteiger partial charge on any atom is 0.138 e. The molecule has 0 bridgehead atoms. The Bertz CT molecular complexity index is 538. The normalized spacial score (nSPS) is 10.3. The van der Waals surface area contributed by atoms with Crippen LogP contribution in [-0.2, 0) is 0 Å². The highest BCUT2D eigenvalue weighted by atomic mass is 16.5. The number of phenols is 1. The molecule has 2 rings (SSSR count). The number of hydrogen-bond acceptors (Lipinski definition) is 3. The average Bonchev–Trinajstić information content (AvgIpc) is 2.39. The number of aryl methyl sites for hydroxylation is 1. The highest BCUT2D eigenvalue weighted by Crippen LogP contribution is 2.31. The van der Waals surface area contributed by atoms with Crippen molar-refractivity contribution >= 4 is 0 Å². The highest BCUT2D eigenvalue weighted by molar-refractivity contribution is 5.71. The molecular weight excluding hydrogens is 226 g/mol. The van der Waals surface area contributed by atoms with Crippen LogP contribution in [0.2, 0.25) is 0 Å². The van der Waals surface area contributed by atoms with Crippen molar-refractivity contribution < 1.29 is 9.84 Å². The summed E-state index contributed by atoms with van der Waals surface area (Å²) in [5.74, 6) is 0.991. The number of hydrogen-bond donors (Lipinski definition) is 1. The molecule has 0 radical (unpaired) electrons. The van der Waals surface area contributed by atoms with Crippen molar-refractivity contribution in [3.05, 3.63) is 42.2 Å². The molecule has 0 fully saturated rings. The first-order valence-corrected chi connectivity index (χ1v) is 6.08. The minimum atomic E-state index is 0.259. The van der Waals surface area contributed by atoms with Crippen LogP contribution < -0.4 is 4.74 Å². The Balaban J connectivity index is 2.35. The summed E-state index contributed by atoms with van der Waals surface area (Å²) in [6.45, 7) is 4.72. The van der Waals surface area contributed by atoms with Crippen molar-refractivity contribution in [3.8, 4) is 22.6 Å². The Labute approximate surface area is 107 Å². The standard InChI is InChI=1S/C15H17NO2/c1-3-6-18-13-8-12(9-16-10-13)14-7-11(2)4-5-15(14)17/h4-5,7-10,17H,3,6H2,1-2H3. The number of ether oxygens (including phenoxy) is 1. The Kier molecular flexibility index (Phi) is 3.82. The third-order valence-corrected chi connectivity index (χ3v) is 2.65. The molecule has 0 saturated heterocycles. The van der Waals surface area contributed by atoms with E-state index in [-0.39, 0.29) is 5.75 Å². The molecule has 1 N–H and O–H groups in total. The summed E-state index contributed by atoms with van der Waals surface area (Å²) in [5, 5.41) is 9.89. The second-order valence-corrected chi connectivity index (χ2v) is 4.28. The third kappa shape index (κ3) is 2.80. The Morgan fingerprint density at radius 2 is 2.06 bits per heavy atom. The van der Waals surface area contributed by atoms with E-state index in [1.807, 2.05) is 25.1 Å². The van der Waals surface area contributed by atoms with E-state index >= 15 is 0 Å². The molecular formula is C15H17NO2. The van der Waals surface area contributed by atoms with E-state index < -0.39 is 0 Å². The summed E-state index contributed by atoms with van der Waals surface area (Å²) in [5.41, 5.74) is 2.75. The van der Waals surface area contributed by atoms with E-state index in [1.165, 1.54) is 0 Å². The van der Waals surface area contributed by atoms with Gasteiger partial charge in [-0.2, -0.15) is 0 Å². The summed E-state index contributed by atoms with van der Waals surface area (Å²) in [7, 11) is 0. The van der Waals surface area contributed by atoms with Crippen LogP contribution in [0.5, 0.6) is 11.5 Å². The molecule has 18 heavy (non-hydrogen) atoms. The van der Waals surface area contributed by atoms with E-state index in [9.17, 15) is 5.11 Å². The SMILES string of the molecule is CCCOc1cncc(-c2cc(C)ccc2O)c1. The fourth-order valence-electron chi connectivity index (χ4n) is 1.75. The first-order valence-electron chi connectivity index (χ1n) is 6.08. The number of aromatic hydroxyl groups is 1. The lowest BCUT2D eigenvalue weighted by Crippen LogP contribution is -1.95. The molecule has 0 aliphatic rings. The van der Waals surface area contributed by atoms with Crippen LogP contribution in [0, 0.1) is 6.92 Å². The number of nitrogens with zero attached hydrogens (tertiary/aromatic N) is 1. The van der Waals surface area contributed by atoms with Crippen molar-refractivity contribution in [2.24, 2.45) is 0 Å². The second kappa shape index (κ2) is 5.54. The summed E-state index contributed by atoms with van der Waals surface area (Å²) in [6, 6.07) is 7.42. The second-order valence-electron chi connectivity index (χ2n) is 4.28. The van der Waals surface area contributed by atoms with Crippen molar-refractivity contribution in [2.45, 2.75) is 20.3 Å². The predicted molar refractivity (Wildman–Crippen MR) is 71.9 cm³/mol. The average molecular weight is 243 g/mol. The maximum absolute atomic E-state index is 9.89. The van der Waals surface area contributed by atoms with E-state index in [2.05, 4.69) is 11.9 Å². The van der Waals surface area contributed by atoms with Crippen molar-refractivity contribution in [1.82, 2.24) is 4.98 Å². The summed E-state index contributed by atoms with van der Waals surface area (Å²) in [4.78, 5) is 4.15. The molecule has 2 aromatic rings. The van der Waals surface area contributed by atoms with E-state index in [4.69, 9.17) is 4.74 Å². The van der Waals surface area contributed by atoms with E-state index in [1.54, 1.807) is 18.5 Å². The smallest absolute Gasteiger partial charge is 0.138 e. The fraction of sp³-hybridized carbons (Fsp3) is 0.267. The van der Waals surface area contributed by atoms with Crippen molar-refractivity contribution in [1.29, 1.82) is 0 Å². The molecule has 0 aliphatic heterocycles. The van der Waals surface area contributed by atoms with Crippen molar-refractivity contribution in [2.75, 3.05) is 6.61 Å². The van der Waals surface area contributed by atoms with E-state index in [0.29, 0.717) is 6.61 Å². The zero-order valence-corrected chi connectivity index (χ0v) is 10.7. The first-order chi connectivity index (χ1) is 8.70. The molecule has 1 heterocycles. The lowest BCUT2D eigenvalue weighted by atomic mass is 10.0. The third-order valence-electron chi connectivity index (χ3n) is 2.65. The van der Waals surface area contributed by atoms with Gasteiger partial charge in [-0.25, -0.2) is 0 Å². The van der Waals surface area contributed by atoms with Gasteiger partial charge in [-0.05, 0) is 31.5 Å². The maximum atomic E-state index is 9.89. The number of phenolic OH excluding ortho intramolecular Hbond substituents is 1. The van der Waals surface area contributed by atoms with E-state index in [0.717, 1.165) is 28.9 Å². The van der Waals surface area contributed by atoms with Crippen LogP contribution in [0.25, 0.3) is 11.1 Å². The molecule has 0 saturated carbocycles. The quantitative estimate of drug-likeness (QED) is 0.892. The number of pyridine rings is 1. The Morgan fingerprint density at radius 3 is 2.83 bits per heavy atom. The predicted octanol–water partition coefficient (Wildman–Crippen LogP) is 3.55. The summed E-state index contributed by atoms with van der Waals surface area (Å²) in [6.07, 6.45) is 4.37. The van der Waals surface area contributed by atoms with Gasteiger partial charge in [-0.1, -0.05) is 18.6 Å². The number of benzene rings is 1. The summed E-state index contributed by atoms with van der Waals surface area (Å²) < 4.78 is 5.54. The van der Waals surface area contributed by atoms with Gasteiger partial charge in [0.2, 0.25) is 0 Å². The van der Waals surface area contributed by atoms with Gasteiger partial charge in [0.15, 0.2) is 0 Å². The lowest BCUT2D eigenvalue weighted by molar-refractivity contribution is 0.316. The van der Waals surface area contributed by atoms with Crippen LogP contribution in [0.15, 0.2) is 36.7 Å². The lowest BCUT2D eigenvalue weighted by Gasteiger charge is -2.08. The summed E-state index contributed by atoms with van der Waals surface area (Å²) >= 11 is 0. The Hall–Kier alpha value is -2.03.